The summed E-state index contributed by atoms with van der Waals surface area (Å²) in [6.07, 6.45) is 5.78. The number of nitrogens with one attached hydrogen (secondary N) is 2. The molecule has 5 nitrogen and oxygen atoms in total. The van der Waals surface area contributed by atoms with Crippen LogP contribution in [0.1, 0.15) is 19.3 Å². The fraction of sp³-hybridized carbons (Fsp3) is 0.667. The van der Waals surface area contributed by atoms with Crippen LogP contribution in [0.25, 0.3) is 0 Å². The summed E-state index contributed by atoms with van der Waals surface area (Å²) in [6.45, 7) is 3.95. The maximum absolute atomic E-state index is 5.62. The van der Waals surface area contributed by atoms with Crippen LogP contribution in [-0.2, 0) is 4.74 Å². The molecular formula is C15H24N4O. The van der Waals surface area contributed by atoms with Crippen molar-refractivity contribution in [3.8, 4) is 0 Å². The molecule has 2 N–H and O–H groups in total. The van der Waals surface area contributed by atoms with Gasteiger partial charge in [-0.1, -0.05) is 0 Å². The molecule has 0 bridgehead atoms. The molecule has 0 aromatic carbocycles. The van der Waals surface area contributed by atoms with Crippen LogP contribution in [0.2, 0.25) is 0 Å². The van der Waals surface area contributed by atoms with Gasteiger partial charge in [-0.05, 0) is 32.4 Å². The number of hydrogen-bond acceptors (Lipinski definition) is 5. The van der Waals surface area contributed by atoms with Crippen LogP contribution in [0, 0.1) is 0 Å². The predicted octanol–water partition coefficient (Wildman–Crippen LogP) is 1.47. The van der Waals surface area contributed by atoms with Gasteiger partial charge < -0.3 is 20.3 Å². The molecule has 0 amide bonds. The lowest BCUT2D eigenvalue weighted by Gasteiger charge is -2.19. The van der Waals surface area contributed by atoms with Crippen molar-refractivity contribution in [1.82, 2.24) is 10.3 Å². The topological polar surface area (TPSA) is 49.4 Å². The number of aromatic nitrogens is 1. The number of pyridine rings is 1. The van der Waals surface area contributed by atoms with E-state index in [0.29, 0.717) is 12.1 Å². The minimum atomic E-state index is 0.348. The highest BCUT2D eigenvalue weighted by Crippen LogP contribution is 2.22. The first-order valence-corrected chi connectivity index (χ1v) is 7.59. The van der Waals surface area contributed by atoms with E-state index in [-0.39, 0.29) is 0 Å². The molecule has 1 aromatic rings. The molecule has 2 fully saturated rings. The maximum Gasteiger partial charge on any atom is 0.128 e. The second-order valence-corrected chi connectivity index (χ2v) is 5.64. The van der Waals surface area contributed by atoms with E-state index in [1.807, 2.05) is 13.2 Å². The number of ether oxygens (including phenoxy) is 1. The van der Waals surface area contributed by atoms with Crippen LogP contribution in [0.3, 0.4) is 0 Å². The molecule has 2 aliphatic rings. The van der Waals surface area contributed by atoms with Crippen molar-refractivity contribution in [3.63, 3.8) is 0 Å². The number of hydrogen-bond donors (Lipinski definition) is 2. The number of nitrogens with zero attached hydrogens (tertiary/aromatic N) is 2. The molecular weight excluding hydrogens is 252 g/mol. The Morgan fingerprint density at radius 1 is 1.45 bits per heavy atom. The molecule has 20 heavy (non-hydrogen) atoms. The van der Waals surface area contributed by atoms with Crippen LogP contribution in [0.5, 0.6) is 0 Å². The van der Waals surface area contributed by atoms with Crippen molar-refractivity contribution in [2.45, 2.75) is 31.4 Å². The summed E-state index contributed by atoms with van der Waals surface area (Å²) in [7, 11) is 2.04. The minimum absolute atomic E-state index is 0.348. The predicted molar refractivity (Wildman–Crippen MR) is 81.4 cm³/mol. The quantitative estimate of drug-likeness (QED) is 0.853. The fourth-order valence-corrected chi connectivity index (χ4v) is 2.97. The highest BCUT2D eigenvalue weighted by molar-refractivity contribution is 5.54. The number of rotatable bonds is 5. The first kappa shape index (κ1) is 13.6. The zero-order chi connectivity index (χ0) is 13.8. The van der Waals surface area contributed by atoms with Gasteiger partial charge in [-0.15, -0.1) is 0 Å². The summed E-state index contributed by atoms with van der Waals surface area (Å²) in [6, 6.07) is 4.84. The summed E-state index contributed by atoms with van der Waals surface area (Å²) >= 11 is 0. The lowest BCUT2D eigenvalue weighted by Crippen LogP contribution is -2.29. The van der Waals surface area contributed by atoms with Gasteiger partial charge in [-0.3, -0.25) is 0 Å². The average molecular weight is 276 g/mol. The Morgan fingerprint density at radius 3 is 3.15 bits per heavy atom. The third kappa shape index (κ3) is 3.22. The van der Waals surface area contributed by atoms with Gasteiger partial charge >= 0.3 is 0 Å². The molecule has 1 unspecified atom stereocenters. The van der Waals surface area contributed by atoms with Gasteiger partial charge in [0, 0.05) is 50.2 Å². The Balaban J connectivity index is 1.58. The standard InChI is InChI=1S/C15H24N4O/c1-16-12-5-7-19(11-12)13-4-6-17-15(9-13)18-10-14-3-2-8-20-14/h4,6,9,12,14,16H,2-3,5,7-8,10-11H2,1H3,(H,17,18)/t12-,14?/m1/s1. The molecule has 3 heterocycles. The van der Waals surface area contributed by atoms with E-state index < -0.39 is 0 Å². The third-order valence-corrected chi connectivity index (χ3v) is 4.24. The van der Waals surface area contributed by atoms with Crippen molar-refractivity contribution in [2.24, 2.45) is 0 Å². The molecule has 0 aliphatic carbocycles. The first-order valence-electron chi connectivity index (χ1n) is 7.59. The second kappa shape index (κ2) is 6.41. The monoisotopic (exact) mass is 276 g/mol. The summed E-state index contributed by atoms with van der Waals surface area (Å²) in [5.41, 5.74) is 1.26. The zero-order valence-corrected chi connectivity index (χ0v) is 12.1. The van der Waals surface area contributed by atoms with E-state index >= 15 is 0 Å². The van der Waals surface area contributed by atoms with Crippen LogP contribution in [0.4, 0.5) is 11.5 Å². The lowest BCUT2D eigenvalue weighted by molar-refractivity contribution is 0.120. The van der Waals surface area contributed by atoms with Gasteiger partial charge in [0.1, 0.15) is 5.82 Å². The summed E-state index contributed by atoms with van der Waals surface area (Å²) < 4.78 is 5.62. The van der Waals surface area contributed by atoms with E-state index in [1.165, 1.54) is 18.5 Å². The van der Waals surface area contributed by atoms with Crippen molar-refractivity contribution >= 4 is 11.5 Å². The molecule has 1 aromatic heterocycles. The molecule has 2 atom stereocenters. The summed E-state index contributed by atoms with van der Waals surface area (Å²) in [4.78, 5) is 6.82. The van der Waals surface area contributed by atoms with Crippen LogP contribution in [0.15, 0.2) is 18.3 Å². The zero-order valence-electron chi connectivity index (χ0n) is 12.1. The van der Waals surface area contributed by atoms with E-state index in [4.69, 9.17) is 4.74 Å². The molecule has 2 aliphatic heterocycles. The van der Waals surface area contributed by atoms with Gasteiger partial charge in [0.25, 0.3) is 0 Å². The maximum atomic E-state index is 5.62. The molecule has 5 heteroatoms. The van der Waals surface area contributed by atoms with E-state index in [1.54, 1.807) is 0 Å². The normalized spacial score (nSPS) is 26.1. The number of likely N-dealkylation sites (N-methyl/N-ethyl adjacent to an activating group) is 1. The van der Waals surface area contributed by atoms with E-state index in [2.05, 4.69) is 32.7 Å². The molecule has 110 valence electrons. The smallest absolute Gasteiger partial charge is 0.128 e. The summed E-state index contributed by atoms with van der Waals surface area (Å²) in [5.74, 6) is 0.950. The molecule has 3 rings (SSSR count). The van der Waals surface area contributed by atoms with Crippen molar-refractivity contribution in [1.29, 1.82) is 0 Å². The van der Waals surface area contributed by atoms with Crippen LogP contribution >= 0.6 is 0 Å². The fourth-order valence-electron chi connectivity index (χ4n) is 2.97. The largest absolute Gasteiger partial charge is 0.376 e. The van der Waals surface area contributed by atoms with Gasteiger partial charge in [0.2, 0.25) is 0 Å². The first-order chi connectivity index (χ1) is 9.85. The van der Waals surface area contributed by atoms with Crippen molar-refractivity contribution < 1.29 is 4.74 Å². The second-order valence-electron chi connectivity index (χ2n) is 5.64. The Hall–Kier alpha value is -1.33. The lowest BCUT2D eigenvalue weighted by atomic mass is 10.2. The Bertz CT molecular complexity index is 434. The van der Waals surface area contributed by atoms with Gasteiger partial charge in [-0.25, -0.2) is 4.98 Å². The Kier molecular flexibility index (Phi) is 4.38. The van der Waals surface area contributed by atoms with Crippen LogP contribution < -0.4 is 15.5 Å². The van der Waals surface area contributed by atoms with Crippen molar-refractivity contribution in [3.05, 3.63) is 18.3 Å². The van der Waals surface area contributed by atoms with E-state index in [0.717, 1.165) is 38.5 Å². The average Bonchev–Trinajstić information content (AvgIpc) is 3.16. The van der Waals surface area contributed by atoms with Gasteiger partial charge in [-0.2, -0.15) is 0 Å². The SMILES string of the molecule is CN[C@@H]1CCN(c2ccnc(NCC3CCCO3)c2)C1. The molecule has 0 saturated carbocycles. The Labute approximate surface area is 120 Å². The van der Waals surface area contributed by atoms with Gasteiger partial charge in [0.15, 0.2) is 0 Å². The summed E-state index contributed by atoms with van der Waals surface area (Å²) in [5, 5.41) is 6.75. The molecule has 2 saturated heterocycles. The Morgan fingerprint density at radius 2 is 2.40 bits per heavy atom. The third-order valence-electron chi connectivity index (χ3n) is 4.24. The minimum Gasteiger partial charge on any atom is -0.376 e. The highest BCUT2D eigenvalue weighted by Gasteiger charge is 2.21. The van der Waals surface area contributed by atoms with E-state index in [9.17, 15) is 0 Å². The highest BCUT2D eigenvalue weighted by atomic mass is 16.5. The van der Waals surface area contributed by atoms with Crippen molar-refractivity contribution in [2.75, 3.05) is 43.5 Å². The molecule has 0 spiro atoms. The van der Waals surface area contributed by atoms with Crippen LogP contribution in [-0.4, -0.2) is 50.4 Å². The molecule has 0 radical (unpaired) electrons. The van der Waals surface area contributed by atoms with Gasteiger partial charge in [0.05, 0.1) is 6.10 Å². The number of anilines is 2.